The number of anilines is 1. The van der Waals surface area contributed by atoms with E-state index in [1.165, 1.54) is 4.90 Å². The van der Waals surface area contributed by atoms with Crippen molar-refractivity contribution in [1.82, 2.24) is 5.32 Å². The molecule has 1 aliphatic heterocycles. The number of rotatable bonds is 3. The van der Waals surface area contributed by atoms with Crippen molar-refractivity contribution in [2.45, 2.75) is 19.3 Å². The number of aliphatic hydroxyl groups is 1. The van der Waals surface area contributed by atoms with E-state index in [1.807, 2.05) is 38.1 Å². The maximum absolute atomic E-state index is 11.7. The Morgan fingerprint density at radius 3 is 2.47 bits per heavy atom. The van der Waals surface area contributed by atoms with Gasteiger partial charge in [0.25, 0.3) is 0 Å². The van der Waals surface area contributed by atoms with E-state index in [-0.39, 0.29) is 36.9 Å². The molecule has 0 spiro atoms. The maximum atomic E-state index is 11.7. The lowest BCUT2D eigenvalue weighted by atomic mass is 9.85. The van der Waals surface area contributed by atoms with Crippen molar-refractivity contribution in [1.29, 1.82) is 0 Å². The van der Waals surface area contributed by atoms with E-state index in [4.69, 9.17) is 0 Å². The third kappa shape index (κ3) is 2.76. The van der Waals surface area contributed by atoms with E-state index >= 15 is 0 Å². The standard InChI is InChI=1S/C14H18N2O3/c1-14(2,9-17)10-3-5-11(6-4-10)16-8-12(18)15-7-13(16)19/h3-6,17H,7-9H2,1-2H3,(H,15,18). The Bertz CT molecular complexity index is 494. The van der Waals surface area contributed by atoms with Gasteiger partial charge in [0.2, 0.25) is 11.8 Å². The number of amides is 2. The van der Waals surface area contributed by atoms with Crippen LogP contribution >= 0.6 is 0 Å². The fourth-order valence-electron chi connectivity index (χ4n) is 1.98. The van der Waals surface area contributed by atoms with Gasteiger partial charge in [-0.1, -0.05) is 26.0 Å². The smallest absolute Gasteiger partial charge is 0.246 e. The topological polar surface area (TPSA) is 69.6 Å². The lowest BCUT2D eigenvalue weighted by Crippen LogP contribution is -2.51. The predicted molar refractivity (Wildman–Crippen MR) is 71.9 cm³/mol. The molecule has 1 heterocycles. The number of carbonyl (C=O) groups is 2. The van der Waals surface area contributed by atoms with E-state index in [0.29, 0.717) is 5.69 Å². The summed E-state index contributed by atoms with van der Waals surface area (Å²) in [4.78, 5) is 24.5. The predicted octanol–water partition coefficient (Wildman–Crippen LogP) is 0.419. The van der Waals surface area contributed by atoms with Crippen LogP contribution in [-0.2, 0) is 15.0 Å². The number of aliphatic hydroxyl groups excluding tert-OH is 1. The monoisotopic (exact) mass is 262 g/mol. The van der Waals surface area contributed by atoms with Crippen molar-refractivity contribution < 1.29 is 14.7 Å². The van der Waals surface area contributed by atoms with Crippen LogP contribution in [0.2, 0.25) is 0 Å². The third-order valence-corrected chi connectivity index (χ3v) is 3.40. The number of carbonyl (C=O) groups excluding carboxylic acids is 2. The lowest BCUT2D eigenvalue weighted by molar-refractivity contribution is -0.128. The largest absolute Gasteiger partial charge is 0.395 e. The Morgan fingerprint density at radius 1 is 1.26 bits per heavy atom. The van der Waals surface area contributed by atoms with Crippen LogP contribution in [0.25, 0.3) is 0 Å². The molecule has 102 valence electrons. The van der Waals surface area contributed by atoms with Gasteiger partial charge in [-0.05, 0) is 17.7 Å². The van der Waals surface area contributed by atoms with Gasteiger partial charge in [0, 0.05) is 11.1 Å². The molecule has 0 atom stereocenters. The van der Waals surface area contributed by atoms with Crippen molar-refractivity contribution in [3.05, 3.63) is 29.8 Å². The third-order valence-electron chi connectivity index (χ3n) is 3.40. The molecule has 1 aromatic rings. The Hall–Kier alpha value is -1.88. The summed E-state index contributed by atoms with van der Waals surface area (Å²) in [7, 11) is 0. The van der Waals surface area contributed by atoms with Gasteiger partial charge in [-0.25, -0.2) is 0 Å². The van der Waals surface area contributed by atoms with Crippen molar-refractivity contribution in [2.24, 2.45) is 0 Å². The van der Waals surface area contributed by atoms with Gasteiger partial charge < -0.3 is 15.3 Å². The van der Waals surface area contributed by atoms with E-state index < -0.39 is 0 Å². The molecule has 0 saturated carbocycles. The summed E-state index contributed by atoms with van der Waals surface area (Å²) in [6.45, 7) is 4.05. The second-order valence-electron chi connectivity index (χ2n) is 5.35. The normalized spacial score (nSPS) is 16.5. The van der Waals surface area contributed by atoms with E-state index in [1.54, 1.807) is 0 Å². The van der Waals surface area contributed by atoms with E-state index in [2.05, 4.69) is 5.32 Å². The van der Waals surface area contributed by atoms with Crippen LogP contribution in [-0.4, -0.2) is 36.6 Å². The van der Waals surface area contributed by atoms with Crippen LogP contribution in [0, 0.1) is 0 Å². The Kier molecular flexibility index (Phi) is 3.57. The first-order valence-electron chi connectivity index (χ1n) is 6.22. The van der Waals surface area contributed by atoms with E-state index in [9.17, 15) is 14.7 Å². The summed E-state index contributed by atoms with van der Waals surface area (Å²) in [5, 5.41) is 11.8. The molecule has 5 heteroatoms. The quantitative estimate of drug-likeness (QED) is 0.829. The SMILES string of the molecule is CC(C)(CO)c1ccc(N2CC(=O)NCC2=O)cc1. The first-order chi connectivity index (χ1) is 8.94. The zero-order chi connectivity index (χ0) is 14.0. The Balaban J connectivity index is 2.23. The highest BCUT2D eigenvalue weighted by atomic mass is 16.3. The number of nitrogens with zero attached hydrogens (tertiary/aromatic N) is 1. The van der Waals surface area contributed by atoms with Crippen molar-refractivity contribution in [3.8, 4) is 0 Å². The molecule has 1 aromatic carbocycles. The van der Waals surface area contributed by atoms with Crippen molar-refractivity contribution in [2.75, 3.05) is 24.6 Å². The van der Waals surface area contributed by atoms with Gasteiger partial charge in [0.15, 0.2) is 0 Å². The number of piperazine rings is 1. The van der Waals surface area contributed by atoms with Gasteiger partial charge in [0.05, 0.1) is 13.2 Å². The van der Waals surface area contributed by atoms with Gasteiger partial charge >= 0.3 is 0 Å². The molecule has 0 unspecified atom stereocenters. The van der Waals surface area contributed by atoms with Crippen LogP contribution in [0.1, 0.15) is 19.4 Å². The second-order valence-corrected chi connectivity index (χ2v) is 5.35. The van der Waals surface area contributed by atoms with Gasteiger partial charge in [-0.2, -0.15) is 0 Å². The van der Waals surface area contributed by atoms with Crippen molar-refractivity contribution >= 4 is 17.5 Å². The molecule has 2 amide bonds. The molecule has 0 aliphatic carbocycles. The number of hydrogen-bond donors (Lipinski definition) is 2. The number of hydrogen-bond acceptors (Lipinski definition) is 3. The van der Waals surface area contributed by atoms with Gasteiger partial charge in [-0.15, -0.1) is 0 Å². The first-order valence-corrected chi connectivity index (χ1v) is 6.22. The molecule has 0 radical (unpaired) electrons. The average molecular weight is 262 g/mol. The molecule has 1 saturated heterocycles. The summed E-state index contributed by atoms with van der Waals surface area (Å²) in [5.41, 5.74) is 1.38. The highest BCUT2D eigenvalue weighted by molar-refractivity contribution is 6.04. The molecule has 1 fully saturated rings. The molecule has 0 bridgehead atoms. The molecular formula is C14H18N2O3. The molecule has 1 aliphatic rings. The molecule has 2 rings (SSSR count). The molecule has 19 heavy (non-hydrogen) atoms. The maximum Gasteiger partial charge on any atom is 0.246 e. The fraction of sp³-hybridized carbons (Fsp3) is 0.429. The zero-order valence-corrected chi connectivity index (χ0v) is 11.1. The van der Waals surface area contributed by atoms with Crippen LogP contribution in [0.5, 0.6) is 0 Å². The molecular weight excluding hydrogens is 244 g/mol. The van der Waals surface area contributed by atoms with Gasteiger partial charge in [-0.3, -0.25) is 9.59 Å². The van der Waals surface area contributed by atoms with Crippen LogP contribution in [0.15, 0.2) is 24.3 Å². The summed E-state index contributed by atoms with van der Waals surface area (Å²) < 4.78 is 0. The highest BCUT2D eigenvalue weighted by Crippen LogP contribution is 2.25. The summed E-state index contributed by atoms with van der Waals surface area (Å²) >= 11 is 0. The fourth-order valence-corrected chi connectivity index (χ4v) is 1.98. The van der Waals surface area contributed by atoms with Crippen LogP contribution in [0.3, 0.4) is 0 Å². The minimum Gasteiger partial charge on any atom is -0.395 e. The molecule has 2 N–H and O–H groups in total. The number of nitrogens with one attached hydrogen (secondary N) is 1. The lowest BCUT2D eigenvalue weighted by Gasteiger charge is -2.28. The zero-order valence-electron chi connectivity index (χ0n) is 11.1. The van der Waals surface area contributed by atoms with E-state index in [0.717, 1.165) is 5.56 Å². The Morgan fingerprint density at radius 2 is 1.89 bits per heavy atom. The molecule has 0 aromatic heterocycles. The summed E-state index contributed by atoms with van der Waals surface area (Å²) in [6.07, 6.45) is 0. The van der Waals surface area contributed by atoms with Crippen molar-refractivity contribution in [3.63, 3.8) is 0 Å². The Labute approximate surface area is 112 Å². The minimum atomic E-state index is -0.318. The van der Waals surface area contributed by atoms with Gasteiger partial charge in [0.1, 0.15) is 6.54 Å². The van der Waals surface area contributed by atoms with Crippen LogP contribution < -0.4 is 10.2 Å². The second kappa shape index (κ2) is 5.01. The minimum absolute atomic E-state index is 0.0444. The molecule has 5 nitrogen and oxygen atoms in total. The summed E-state index contributed by atoms with van der Waals surface area (Å²) in [6, 6.07) is 7.38. The average Bonchev–Trinajstić information content (AvgIpc) is 2.42. The highest BCUT2D eigenvalue weighted by Gasteiger charge is 2.25. The number of benzene rings is 1. The summed E-state index contributed by atoms with van der Waals surface area (Å²) in [5.74, 6) is -0.270. The first kappa shape index (κ1) is 13.5. The van der Waals surface area contributed by atoms with Crippen LogP contribution in [0.4, 0.5) is 5.69 Å².